The Morgan fingerprint density at radius 3 is 2.20 bits per heavy atom. The van der Waals surface area contributed by atoms with Crippen molar-refractivity contribution < 1.29 is 24.2 Å². The van der Waals surface area contributed by atoms with Crippen molar-refractivity contribution in [2.75, 3.05) is 7.11 Å². The molecule has 230 valence electrons. The van der Waals surface area contributed by atoms with Crippen LogP contribution in [0.25, 0.3) is 10.8 Å². The highest BCUT2D eigenvalue weighted by Crippen LogP contribution is 2.40. The summed E-state index contributed by atoms with van der Waals surface area (Å²) in [5.74, 6) is 0.142. The zero-order valence-electron chi connectivity index (χ0n) is 26.2. The van der Waals surface area contributed by atoms with Crippen LogP contribution in [-0.2, 0) is 22.0 Å². The summed E-state index contributed by atoms with van der Waals surface area (Å²) >= 11 is 3.48. The number of fused-ring (bicyclic) bond motifs is 1. The molecule has 0 saturated carbocycles. The van der Waals surface area contributed by atoms with E-state index < -0.39 is 5.97 Å². The molecule has 7 nitrogen and oxygen atoms in total. The Morgan fingerprint density at radius 2 is 1.57 bits per heavy atom. The number of phenolic OH excluding ortho intramolecular Hbond substituents is 1. The molecular formula is C36H39BrN2O5. The van der Waals surface area contributed by atoms with E-state index in [1.807, 2.05) is 48.5 Å². The lowest BCUT2D eigenvalue weighted by Gasteiger charge is -2.28. The van der Waals surface area contributed by atoms with Gasteiger partial charge in [-0.05, 0) is 84.4 Å². The monoisotopic (exact) mass is 658 g/mol. The summed E-state index contributed by atoms with van der Waals surface area (Å²) in [5, 5.41) is 16.8. The minimum absolute atomic E-state index is 0.228. The Kier molecular flexibility index (Phi) is 9.84. The highest BCUT2D eigenvalue weighted by molar-refractivity contribution is 9.10. The predicted octanol–water partition coefficient (Wildman–Crippen LogP) is 8.21. The van der Waals surface area contributed by atoms with Crippen LogP contribution in [0.15, 0.2) is 76.3 Å². The second-order valence-corrected chi connectivity index (χ2v) is 13.6. The number of carbonyl (C=O) groups is 2. The normalized spacial score (nSPS) is 12.0. The highest BCUT2D eigenvalue weighted by Gasteiger charge is 2.26. The van der Waals surface area contributed by atoms with Gasteiger partial charge in [-0.1, -0.05) is 90.1 Å². The number of rotatable bonds is 8. The number of esters is 1. The van der Waals surface area contributed by atoms with Crippen molar-refractivity contribution in [2.45, 2.75) is 65.2 Å². The largest absolute Gasteiger partial charge is 0.507 e. The molecule has 4 rings (SSSR count). The van der Waals surface area contributed by atoms with Gasteiger partial charge in [0.2, 0.25) is 5.91 Å². The summed E-state index contributed by atoms with van der Waals surface area (Å²) < 4.78 is 11.8. The van der Waals surface area contributed by atoms with Crippen molar-refractivity contribution in [2.24, 2.45) is 5.10 Å². The summed E-state index contributed by atoms with van der Waals surface area (Å²) in [5.41, 5.74) is 5.88. The number of halogens is 1. The average Bonchev–Trinajstić information content (AvgIpc) is 2.96. The van der Waals surface area contributed by atoms with Gasteiger partial charge >= 0.3 is 5.97 Å². The molecule has 0 bridgehead atoms. The summed E-state index contributed by atoms with van der Waals surface area (Å²) in [7, 11) is 1.49. The van der Waals surface area contributed by atoms with E-state index in [2.05, 4.69) is 68.0 Å². The number of ether oxygens (including phenoxy) is 2. The standard InChI is InChI=1S/C36H39BrN2O5/c1-35(2,3)27-17-22(18-28(32(27)41)36(4,5)6)15-16-31(40)39-38-21-23-19-29(37)33(30(20-23)43-7)44-34(42)26-14-10-12-24-11-8-9-13-25(24)26/h8-14,17-21,41H,15-16H2,1-7H3,(H,39,40)/b38-21-. The van der Waals surface area contributed by atoms with Gasteiger partial charge in [0.25, 0.3) is 0 Å². The molecule has 0 aliphatic rings. The Hall–Kier alpha value is -4.17. The maximum atomic E-state index is 13.1. The molecule has 8 heteroatoms. The third kappa shape index (κ3) is 7.66. The molecule has 0 heterocycles. The molecule has 0 unspecified atom stereocenters. The zero-order valence-corrected chi connectivity index (χ0v) is 27.8. The number of nitrogens with one attached hydrogen (secondary N) is 1. The van der Waals surface area contributed by atoms with E-state index >= 15 is 0 Å². The molecular weight excluding hydrogens is 620 g/mol. The molecule has 0 aromatic heterocycles. The SMILES string of the molecule is COc1cc(/C=N\NC(=O)CCc2cc(C(C)(C)C)c(O)c(C(C)(C)C)c2)cc(Br)c1OC(=O)c1cccc2ccccc12. The van der Waals surface area contributed by atoms with Crippen molar-refractivity contribution in [1.82, 2.24) is 5.43 Å². The quantitative estimate of drug-likeness (QED) is 0.0860. The van der Waals surface area contributed by atoms with Crippen LogP contribution in [-0.4, -0.2) is 30.3 Å². The number of carbonyl (C=O) groups excluding carboxylic acids is 2. The lowest BCUT2D eigenvalue weighted by Crippen LogP contribution is -2.20. The molecule has 0 radical (unpaired) electrons. The van der Waals surface area contributed by atoms with Gasteiger partial charge in [0.1, 0.15) is 5.75 Å². The van der Waals surface area contributed by atoms with Gasteiger partial charge in [-0.3, -0.25) is 4.79 Å². The number of methoxy groups -OCH3 is 1. The van der Waals surface area contributed by atoms with Gasteiger partial charge < -0.3 is 14.6 Å². The second-order valence-electron chi connectivity index (χ2n) is 12.8. The first-order valence-electron chi connectivity index (χ1n) is 14.4. The van der Waals surface area contributed by atoms with Crippen LogP contribution >= 0.6 is 15.9 Å². The lowest BCUT2D eigenvalue weighted by atomic mass is 9.78. The van der Waals surface area contributed by atoms with E-state index in [0.717, 1.165) is 27.5 Å². The summed E-state index contributed by atoms with van der Waals surface area (Å²) in [6.45, 7) is 12.4. The van der Waals surface area contributed by atoms with E-state index in [1.54, 1.807) is 18.2 Å². The van der Waals surface area contributed by atoms with Gasteiger partial charge in [-0.25, -0.2) is 10.2 Å². The molecule has 4 aromatic carbocycles. The molecule has 4 aromatic rings. The molecule has 0 atom stereocenters. The number of amides is 1. The number of phenols is 1. The maximum absolute atomic E-state index is 13.1. The van der Waals surface area contributed by atoms with Crippen LogP contribution in [0.1, 0.15) is 80.6 Å². The third-order valence-electron chi connectivity index (χ3n) is 7.29. The topological polar surface area (TPSA) is 97.2 Å². The lowest BCUT2D eigenvalue weighted by molar-refractivity contribution is -0.121. The number of nitrogens with zero attached hydrogens (tertiary/aromatic N) is 1. The number of aromatic hydroxyl groups is 1. The smallest absolute Gasteiger partial charge is 0.344 e. The number of benzene rings is 4. The van der Waals surface area contributed by atoms with Gasteiger partial charge in [-0.15, -0.1) is 0 Å². The number of hydrazone groups is 1. The fourth-order valence-corrected chi connectivity index (χ4v) is 5.48. The molecule has 44 heavy (non-hydrogen) atoms. The maximum Gasteiger partial charge on any atom is 0.344 e. The summed E-state index contributed by atoms with van der Waals surface area (Å²) in [6, 6.07) is 20.5. The van der Waals surface area contributed by atoms with E-state index in [-0.39, 0.29) is 28.9 Å². The molecule has 0 spiro atoms. The minimum Gasteiger partial charge on any atom is -0.507 e. The van der Waals surface area contributed by atoms with E-state index in [0.29, 0.717) is 33.5 Å². The predicted molar refractivity (Wildman–Crippen MR) is 179 cm³/mol. The first-order valence-corrected chi connectivity index (χ1v) is 15.2. The van der Waals surface area contributed by atoms with E-state index in [1.165, 1.54) is 13.3 Å². The first kappa shape index (κ1) is 32.7. The second kappa shape index (κ2) is 13.2. The van der Waals surface area contributed by atoms with Gasteiger partial charge in [0.05, 0.1) is 23.4 Å². The molecule has 0 saturated heterocycles. The van der Waals surface area contributed by atoms with Crippen LogP contribution < -0.4 is 14.9 Å². The summed E-state index contributed by atoms with van der Waals surface area (Å²) in [6.07, 6.45) is 2.23. The number of hydrogen-bond acceptors (Lipinski definition) is 6. The van der Waals surface area contributed by atoms with Crippen LogP contribution in [0.4, 0.5) is 0 Å². The zero-order chi connectivity index (χ0) is 32.2. The van der Waals surface area contributed by atoms with E-state index in [9.17, 15) is 14.7 Å². The first-order chi connectivity index (χ1) is 20.7. The number of aryl methyl sites for hydroxylation is 1. The van der Waals surface area contributed by atoms with Crippen LogP contribution in [0.5, 0.6) is 17.2 Å². The molecule has 0 fully saturated rings. The average molecular weight is 660 g/mol. The van der Waals surface area contributed by atoms with Gasteiger partial charge in [0.15, 0.2) is 11.5 Å². The van der Waals surface area contributed by atoms with Crippen molar-refractivity contribution >= 4 is 44.8 Å². The van der Waals surface area contributed by atoms with Crippen molar-refractivity contribution in [1.29, 1.82) is 0 Å². The number of hydrogen-bond donors (Lipinski definition) is 2. The Balaban J connectivity index is 1.44. The fraction of sp³-hybridized carbons (Fsp3) is 0.306. The van der Waals surface area contributed by atoms with Crippen LogP contribution in [0, 0.1) is 0 Å². The van der Waals surface area contributed by atoms with Crippen molar-refractivity contribution in [3.63, 3.8) is 0 Å². The molecule has 2 N–H and O–H groups in total. The Labute approximate surface area is 267 Å². The minimum atomic E-state index is -0.507. The van der Waals surface area contributed by atoms with Gasteiger partial charge in [-0.2, -0.15) is 5.10 Å². The molecule has 0 aliphatic heterocycles. The summed E-state index contributed by atoms with van der Waals surface area (Å²) in [4.78, 5) is 25.8. The molecule has 1 amide bonds. The molecule has 0 aliphatic carbocycles. The van der Waals surface area contributed by atoms with Crippen molar-refractivity contribution in [3.8, 4) is 17.2 Å². The van der Waals surface area contributed by atoms with Crippen LogP contribution in [0.3, 0.4) is 0 Å². The Bertz CT molecular complexity index is 1690. The van der Waals surface area contributed by atoms with Crippen LogP contribution in [0.2, 0.25) is 0 Å². The van der Waals surface area contributed by atoms with E-state index in [4.69, 9.17) is 9.47 Å². The highest BCUT2D eigenvalue weighted by atomic mass is 79.9. The Morgan fingerprint density at radius 1 is 0.932 bits per heavy atom. The fourth-order valence-electron chi connectivity index (χ4n) is 4.94. The third-order valence-corrected chi connectivity index (χ3v) is 7.87. The van der Waals surface area contributed by atoms with Crippen molar-refractivity contribution in [3.05, 3.63) is 99.0 Å². The van der Waals surface area contributed by atoms with Gasteiger partial charge in [0, 0.05) is 6.42 Å².